The molecule has 2 N–H and O–H groups in total. The SMILES string of the molecule is CN(C)c1cccc(C(=O)NCCC2CCNCC2)c1. The summed E-state index contributed by atoms with van der Waals surface area (Å²) in [6, 6.07) is 7.73. The summed E-state index contributed by atoms with van der Waals surface area (Å²) in [6.45, 7) is 3.00. The summed E-state index contributed by atoms with van der Waals surface area (Å²) in [4.78, 5) is 14.1. The van der Waals surface area contributed by atoms with Crippen LogP contribution in [0.15, 0.2) is 24.3 Å². The number of anilines is 1. The molecule has 1 heterocycles. The van der Waals surface area contributed by atoms with E-state index < -0.39 is 0 Å². The molecule has 1 aromatic carbocycles. The lowest BCUT2D eigenvalue weighted by atomic mass is 9.95. The molecule has 0 bridgehead atoms. The molecule has 110 valence electrons. The zero-order valence-corrected chi connectivity index (χ0v) is 12.5. The Hall–Kier alpha value is -1.55. The number of rotatable bonds is 5. The van der Waals surface area contributed by atoms with Crippen LogP contribution < -0.4 is 15.5 Å². The third-order valence-electron chi connectivity index (χ3n) is 3.92. The fraction of sp³-hybridized carbons (Fsp3) is 0.562. The van der Waals surface area contributed by atoms with Crippen LogP contribution in [0.5, 0.6) is 0 Å². The highest BCUT2D eigenvalue weighted by molar-refractivity contribution is 5.95. The van der Waals surface area contributed by atoms with Gasteiger partial charge in [-0.25, -0.2) is 0 Å². The first-order chi connectivity index (χ1) is 9.66. The lowest BCUT2D eigenvalue weighted by molar-refractivity contribution is 0.0950. The Morgan fingerprint density at radius 3 is 2.80 bits per heavy atom. The number of hydrogen-bond acceptors (Lipinski definition) is 3. The number of nitrogens with one attached hydrogen (secondary N) is 2. The Labute approximate surface area is 121 Å². The Kier molecular flexibility index (Phi) is 5.41. The second-order valence-electron chi connectivity index (χ2n) is 5.68. The number of hydrogen-bond donors (Lipinski definition) is 2. The molecule has 0 spiro atoms. The molecule has 0 unspecified atom stereocenters. The van der Waals surface area contributed by atoms with E-state index in [0.717, 1.165) is 43.2 Å². The maximum absolute atomic E-state index is 12.1. The molecule has 0 saturated carbocycles. The molecule has 4 heteroatoms. The van der Waals surface area contributed by atoms with Gasteiger partial charge in [0, 0.05) is 31.9 Å². The Morgan fingerprint density at radius 1 is 1.35 bits per heavy atom. The quantitative estimate of drug-likeness (QED) is 0.862. The van der Waals surface area contributed by atoms with Crippen molar-refractivity contribution in [2.45, 2.75) is 19.3 Å². The number of benzene rings is 1. The lowest BCUT2D eigenvalue weighted by Crippen LogP contribution is -2.31. The van der Waals surface area contributed by atoms with Crippen LogP contribution in [0.4, 0.5) is 5.69 Å². The largest absolute Gasteiger partial charge is 0.378 e. The maximum Gasteiger partial charge on any atom is 0.251 e. The van der Waals surface area contributed by atoms with Gasteiger partial charge in [-0.05, 0) is 56.5 Å². The molecule has 0 radical (unpaired) electrons. The van der Waals surface area contributed by atoms with Crippen molar-refractivity contribution in [3.05, 3.63) is 29.8 Å². The molecule has 0 aliphatic carbocycles. The third-order valence-corrected chi connectivity index (χ3v) is 3.92. The van der Waals surface area contributed by atoms with Crippen molar-refractivity contribution < 1.29 is 4.79 Å². The number of piperidine rings is 1. The average molecular weight is 275 g/mol. The van der Waals surface area contributed by atoms with Crippen LogP contribution in [0, 0.1) is 5.92 Å². The fourth-order valence-electron chi connectivity index (χ4n) is 2.59. The Bertz CT molecular complexity index is 439. The van der Waals surface area contributed by atoms with Crippen molar-refractivity contribution >= 4 is 11.6 Å². The number of carbonyl (C=O) groups is 1. The van der Waals surface area contributed by atoms with E-state index in [2.05, 4.69) is 10.6 Å². The van der Waals surface area contributed by atoms with Crippen molar-refractivity contribution in [1.82, 2.24) is 10.6 Å². The van der Waals surface area contributed by atoms with Gasteiger partial charge in [-0.3, -0.25) is 4.79 Å². The molecule has 0 atom stereocenters. The van der Waals surface area contributed by atoms with E-state index in [9.17, 15) is 4.79 Å². The molecule has 1 fully saturated rings. The van der Waals surface area contributed by atoms with E-state index in [-0.39, 0.29) is 5.91 Å². The standard InChI is InChI=1S/C16H25N3O/c1-19(2)15-5-3-4-14(12-15)16(20)18-11-8-13-6-9-17-10-7-13/h3-5,12-13,17H,6-11H2,1-2H3,(H,18,20). The molecule has 1 aliphatic heterocycles. The van der Waals surface area contributed by atoms with Crippen molar-refractivity contribution in [3.8, 4) is 0 Å². The van der Waals surface area contributed by atoms with Gasteiger partial charge in [0.05, 0.1) is 0 Å². The van der Waals surface area contributed by atoms with E-state index in [1.807, 2.05) is 43.3 Å². The molecule has 0 aromatic heterocycles. The van der Waals surface area contributed by atoms with Gasteiger partial charge in [-0.15, -0.1) is 0 Å². The summed E-state index contributed by atoms with van der Waals surface area (Å²) >= 11 is 0. The van der Waals surface area contributed by atoms with Crippen molar-refractivity contribution in [2.24, 2.45) is 5.92 Å². The van der Waals surface area contributed by atoms with Gasteiger partial charge >= 0.3 is 0 Å². The van der Waals surface area contributed by atoms with E-state index in [0.29, 0.717) is 0 Å². The van der Waals surface area contributed by atoms with Crippen LogP contribution in [0.25, 0.3) is 0 Å². The van der Waals surface area contributed by atoms with Gasteiger partial charge in [0.25, 0.3) is 5.91 Å². The normalized spacial score (nSPS) is 15.9. The van der Waals surface area contributed by atoms with Gasteiger partial charge in [0.1, 0.15) is 0 Å². The average Bonchev–Trinajstić information content (AvgIpc) is 2.48. The highest BCUT2D eigenvalue weighted by atomic mass is 16.1. The van der Waals surface area contributed by atoms with Crippen LogP contribution >= 0.6 is 0 Å². The maximum atomic E-state index is 12.1. The highest BCUT2D eigenvalue weighted by Crippen LogP contribution is 2.16. The van der Waals surface area contributed by atoms with E-state index in [4.69, 9.17) is 0 Å². The smallest absolute Gasteiger partial charge is 0.251 e. The first kappa shape index (κ1) is 14.9. The van der Waals surface area contributed by atoms with E-state index in [1.54, 1.807) is 0 Å². The molecule has 1 aliphatic rings. The molecule has 1 saturated heterocycles. The monoisotopic (exact) mass is 275 g/mol. The molecule has 1 amide bonds. The summed E-state index contributed by atoms with van der Waals surface area (Å²) in [5.41, 5.74) is 1.79. The predicted molar refractivity (Wildman–Crippen MR) is 83.3 cm³/mol. The molecule has 2 rings (SSSR count). The molecular formula is C16H25N3O. The predicted octanol–water partition coefficient (Wildman–Crippen LogP) is 1.87. The summed E-state index contributed by atoms with van der Waals surface area (Å²) in [6.07, 6.45) is 3.54. The second kappa shape index (κ2) is 7.29. The first-order valence-electron chi connectivity index (χ1n) is 7.43. The van der Waals surface area contributed by atoms with Gasteiger partial charge in [-0.1, -0.05) is 6.07 Å². The van der Waals surface area contributed by atoms with Crippen molar-refractivity contribution in [1.29, 1.82) is 0 Å². The molecule has 4 nitrogen and oxygen atoms in total. The Morgan fingerprint density at radius 2 is 2.10 bits per heavy atom. The zero-order chi connectivity index (χ0) is 14.4. The minimum absolute atomic E-state index is 0.0302. The van der Waals surface area contributed by atoms with E-state index in [1.165, 1.54) is 12.8 Å². The van der Waals surface area contributed by atoms with Crippen LogP contribution in [0.2, 0.25) is 0 Å². The van der Waals surface area contributed by atoms with Crippen molar-refractivity contribution in [3.63, 3.8) is 0 Å². The van der Waals surface area contributed by atoms with Crippen LogP contribution in [-0.4, -0.2) is 39.6 Å². The lowest BCUT2D eigenvalue weighted by Gasteiger charge is -2.22. The zero-order valence-electron chi connectivity index (χ0n) is 12.5. The van der Waals surface area contributed by atoms with Crippen LogP contribution in [-0.2, 0) is 0 Å². The van der Waals surface area contributed by atoms with Gasteiger partial charge < -0.3 is 15.5 Å². The molecular weight excluding hydrogens is 250 g/mol. The first-order valence-corrected chi connectivity index (χ1v) is 7.43. The summed E-state index contributed by atoms with van der Waals surface area (Å²) < 4.78 is 0. The number of carbonyl (C=O) groups excluding carboxylic acids is 1. The molecule has 1 aromatic rings. The summed E-state index contributed by atoms with van der Waals surface area (Å²) in [5, 5.41) is 6.40. The van der Waals surface area contributed by atoms with Crippen molar-refractivity contribution in [2.75, 3.05) is 38.6 Å². The van der Waals surface area contributed by atoms with Gasteiger partial charge in [0.2, 0.25) is 0 Å². The van der Waals surface area contributed by atoms with Crippen LogP contribution in [0.3, 0.4) is 0 Å². The Balaban J connectivity index is 1.80. The van der Waals surface area contributed by atoms with Gasteiger partial charge in [0.15, 0.2) is 0 Å². The number of amides is 1. The highest BCUT2D eigenvalue weighted by Gasteiger charge is 2.13. The van der Waals surface area contributed by atoms with E-state index >= 15 is 0 Å². The summed E-state index contributed by atoms with van der Waals surface area (Å²) in [7, 11) is 3.96. The van der Waals surface area contributed by atoms with Gasteiger partial charge in [-0.2, -0.15) is 0 Å². The topological polar surface area (TPSA) is 44.4 Å². The molecule has 20 heavy (non-hydrogen) atoms. The minimum atomic E-state index is 0.0302. The number of nitrogens with zero attached hydrogens (tertiary/aromatic N) is 1. The second-order valence-corrected chi connectivity index (χ2v) is 5.68. The fourth-order valence-corrected chi connectivity index (χ4v) is 2.59. The summed E-state index contributed by atoms with van der Waals surface area (Å²) in [5.74, 6) is 0.785. The third kappa shape index (κ3) is 4.23. The van der Waals surface area contributed by atoms with Crippen LogP contribution in [0.1, 0.15) is 29.6 Å². The minimum Gasteiger partial charge on any atom is -0.378 e.